The van der Waals surface area contributed by atoms with E-state index in [0.29, 0.717) is 24.6 Å². The number of aromatic nitrogens is 2. The second kappa shape index (κ2) is 7.26. The number of hydrogen-bond donors (Lipinski definition) is 2. The standard InChI is InChI=1S/C21H24N4O3/c1-13-18(21(26)27)10-17-9-16(15-3-4-19(22)23-11-15)12-25(17)20(13)14(2)24-5-7-28-8-6-24/h3-4,9-12,14H,5-8H2,1-2H3,(H2,22,23)(H,26,27). The molecule has 7 nitrogen and oxygen atoms in total. The molecule has 1 aliphatic rings. The Bertz CT molecular complexity index is 1020. The average molecular weight is 380 g/mol. The number of nitrogen functional groups attached to an aromatic ring is 1. The summed E-state index contributed by atoms with van der Waals surface area (Å²) in [6.45, 7) is 7.06. The Morgan fingerprint density at radius 1 is 1.25 bits per heavy atom. The summed E-state index contributed by atoms with van der Waals surface area (Å²) in [5.74, 6) is -0.439. The van der Waals surface area contributed by atoms with Crippen molar-refractivity contribution >= 4 is 17.3 Å². The maximum Gasteiger partial charge on any atom is 0.336 e. The first-order valence-corrected chi connectivity index (χ1v) is 9.38. The topological polar surface area (TPSA) is 93.1 Å². The van der Waals surface area contributed by atoms with E-state index < -0.39 is 5.97 Å². The van der Waals surface area contributed by atoms with Gasteiger partial charge in [0.1, 0.15) is 5.82 Å². The molecule has 146 valence electrons. The molecule has 0 aromatic carbocycles. The lowest BCUT2D eigenvalue weighted by atomic mass is 10.0. The van der Waals surface area contributed by atoms with Gasteiger partial charge in [0.15, 0.2) is 0 Å². The van der Waals surface area contributed by atoms with E-state index in [4.69, 9.17) is 10.5 Å². The quantitative estimate of drug-likeness (QED) is 0.723. The summed E-state index contributed by atoms with van der Waals surface area (Å²) in [7, 11) is 0. The van der Waals surface area contributed by atoms with E-state index in [9.17, 15) is 9.90 Å². The van der Waals surface area contributed by atoms with Gasteiger partial charge in [0, 0.05) is 53.9 Å². The summed E-state index contributed by atoms with van der Waals surface area (Å²) in [6, 6.07) is 7.49. The van der Waals surface area contributed by atoms with Gasteiger partial charge >= 0.3 is 5.97 Å². The average Bonchev–Trinajstić information content (AvgIpc) is 3.11. The van der Waals surface area contributed by atoms with E-state index >= 15 is 0 Å². The zero-order valence-corrected chi connectivity index (χ0v) is 16.1. The molecule has 3 aromatic heterocycles. The normalized spacial score (nSPS) is 16.4. The highest BCUT2D eigenvalue weighted by molar-refractivity contribution is 5.91. The van der Waals surface area contributed by atoms with Crippen LogP contribution in [0.3, 0.4) is 0 Å². The lowest BCUT2D eigenvalue weighted by Crippen LogP contribution is -2.39. The minimum absolute atomic E-state index is 0.0653. The minimum Gasteiger partial charge on any atom is -0.478 e. The summed E-state index contributed by atoms with van der Waals surface area (Å²) in [5, 5.41) is 9.73. The van der Waals surface area contributed by atoms with Crippen molar-refractivity contribution < 1.29 is 14.6 Å². The number of aromatic carboxylic acids is 1. The number of rotatable bonds is 4. The van der Waals surface area contributed by atoms with Gasteiger partial charge in [-0.3, -0.25) is 4.90 Å². The zero-order valence-electron chi connectivity index (χ0n) is 16.1. The van der Waals surface area contributed by atoms with Gasteiger partial charge in [-0.1, -0.05) is 0 Å². The van der Waals surface area contributed by atoms with E-state index in [1.807, 2.05) is 25.3 Å². The van der Waals surface area contributed by atoms with Gasteiger partial charge in [0.05, 0.1) is 18.8 Å². The Morgan fingerprint density at radius 3 is 2.64 bits per heavy atom. The zero-order chi connectivity index (χ0) is 19.8. The molecule has 0 saturated carbocycles. The molecule has 1 unspecified atom stereocenters. The molecule has 3 N–H and O–H groups in total. The molecule has 1 atom stereocenters. The van der Waals surface area contributed by atoms with Gasteiger partial charge in [0.25, 0.3) is 0 Å². The number of carboxylic acids is 1. The number of nitrogens with two attached hydrogens (primary N) is 1. The van der Waals surface area contributed by atoms with E-state index in [0.717, 1.165) is 41.0 Å². The van der Waals surface area contributed by atoms with Crippen molar-refractivity contribution in [2.45, 2.75) is 19.9 Å². The third-order valence-corrected chi connectivity index (χ3v) is 5.53. The summed E-state index contributed by atoms with van der Waals surface area (Å²) in [5.41, 5.74) is 10.6. The largest absolute Gasteiger partial charge is 0.478 e. The Kier molecular flexibility index (Phi) is 4.78. The van der Waals surface area contributed by atoms with E-state index in [1.165, 1.54) is 0 Å². The van der Waals surface area contributed by atoms with Crippen LogP contribution in [0.1, 0.15) is 34.6 Å². The smallest absolute Gasteiger partial charge is 0.336 e. The van der Waals surface area contributed by atoms with E-state index in [1.54, 1.807) is 18.3 Å². The number of carbonyl (C=O) groups is 1. The molecule has 4 rings (SSSR count). The van der Waals surface area contributed by atoms with Gasteiger partial charge in [-0.15, -0.1) is 0 Å². The van der Waals surface area contributed by atoms with Gasteiger partial charge < -0.3 is 20.0 Å². The molecule has 1 aliphatic heterocycles. The monoisotopic (exact) mass is 380 g/mol. The highest BCUT2D eigenvalue weighted by Gasteiger charge is 2.25. The second-order valence-corrected chi connectivity index (χ2v) is 7.19. The Hall–Kier alpha value is -2.90. The third kappa shape index (κ3) is 3.23. The van der Waals surface area contributed by atoms with Crippen molar-refractivity contribution in [1.82, 2.24) is 14.3 Å². The van der Waals surface area contributed by atoms with Crippen LogP contribution in [0, 0.1) is 6.92 Å². The van der Waals surface area contributed by atoms with Crippen molar-refractivity contribution in [2.24, 2.45) is 0 Å². The highest BCUT2D eigenvalue weighted by atomic mass is 16.5. The third-order valence-electron chi connectivity index (χ3n) is 5.53. The molecule has 7 heteroatoms. The highest BCUT2D eigenvalue weighted by Crippen LogP contribution is 2.32. The van der Waals surface area contributed by atoms with Crippen LogP contribution < -0.4 is 5.73 Å². The molecule has 3 aromatic rings. The predicted molar refractivity (Wildman–Crippen MR) is 108 cm³/mol. The van der Waals surface area contributed by atoms with Crippen molar-refractivity contribution in [2.75, 3.05) is 32.0 Å². The Balaban J connectivity index is 1.88. The van der Waals surface area contributed by atoms with Crippen LogP contribution in [0.25, 0.3) is 16.6 Å². The molecule has 0 radical (unpaired) electrons. The van der Waals surface area contributed by atoms with Crippen molar-refractivity contribution in [1.29, 1.82) is 0 Å². The molecule has 4 heterocycles. The minimum atomic E-state index is -0.910. The summed E-state index contributed by atoms with van der Waals surface area (Å²) < 4.78 is 7.58. The van der Waals surface area contributed by atoms with Crippen LogP contribution in [0.4, 0.5) is 5.82 Å². The molecule has 0 amide bonds. The van der Waals surface area contributed by atoms with Crippen LogP contribution >= 0.6 is 0 Å². The van der Waals surface area contributed by atoms with E-state index in [2.05, 4.69) is 21.2 Å². The van der Waals surface area contributed by atoms with Crippen LogP contribution in [0.15, 0.2) is 36.7 Å². The van der Waals surface area contributed by atoms with Gasteiger partial charge in [0.2, 0.25) is 0 Å². The molecule has 28 heavy (non-hydrogen) atoms. The van der Waals surface area contributed by atoms with Crippen LogP contribution in [-0.2, 0) is 4.74 Å². The van der Waals surface area contributed by atoms with Gasteiger partial charge in [-0.05, 0) is 43.7 Å². The molecule has 0 bridgehead atoms. The number of carboxylic acid groups (broad SMARTS) is 1. The van der Waals surface area contributed by atoms with Crippen molar-refractivity contribution in [3.05, 3.63) is 53.5 Å². The number of fused-ring (bicyclic) bond motifs is 1. The Morgan fingerprint density at radius 2 is 2.00 bits per heavy atom. The fraction of sp³-hybridized carbons (Fsp3) is 0.333. The first kappa shape index (κ1) is 18.5. The number of anilines is 1. The maximum absolute atomic E-state index is 11.9. The van der Waals surface area contributed by atoms with Gasteiger partial charge in [-0.2, -0.15) is 0 Å². The number of hydrogen-bond acceptors (Lipinski definition) is 5. The van der Waals surface area contributed by atoms with Crippen LogP contribution in [-0.4, -0.2) is 51.7 Å². The van der Waals surface area contributed by atoms with Crippen LogP contribution in [0.2, 0.25) is 0 Å². The molecule has 1 fully saturated rings. The molecular weight excluding hydrogens is 356 g/mol. The summed E-state index contributed by atoms with van der Waals surface area (Å²) in [6.07, 6.45) is 3.79. The first-order chi connectivity index (χ1) is 13.5. The molecular formula is C21H24N4O3. The van der Waals surface area contributed by atoms with Crippen molar-refractivity contribution in [3.63, 3.8) is 0 Å². The lowest BCUT2D eigenvalue weighted by molar-refractivity contribution is 0.0187. The molecule has 0 aliphatic carbocycles. The lowest BCUT2D eigenvalue weighted by Gasteiger charge is -2.33. The fourth-order valence-corrected chi connectivity index (χ4v) is 3.98. The number of pyridine rings is 2. The summed E-state index contributed by atoms with van der Waals surface area (Å²) >= 11 is 0. The van der Waals surface area contributed by atoms with Crippen molar-refractivity contribution in [3.8, 4) is 11.1 Å². The van der Waals surface area contributed by atoms with Gasteiger partial charge in [-0.25, -0.2) is 9.78 Å². The Labute approximate surface area is 163 Å². The predicted octanol–water partition coefficient (Wildman–Crippen LogP) is 2.98. The summed E-state index contributed by atoms with van der Waals surface area (Å²) in [4.78, 5) is 18.4. The van der Waals surface area contributed by atoms with E-state index in [-0.39, 0.29) is 6.04 Å². The fourth-order valence-electron chi connectivity index (χ4n) is 3.98. The SMILES string of the molecule is Cc1c(C(=O)O)cc2cc(-c3ccc(N)nc3)cn2c1C(C)N1CCOCC1. The first-order valence-electron chi connectivity index (χ1n) is 9.38. The molecule has 0 spiro atoms. The molecule has 1 saturated heterocycles. The number of nitrogens with zero attached hydrogens (tertiary/aromatic N) is 3. The number of ether oxygens (including phenoxy) is 1. The van der Waals surface area contributed by atoms with Crippen LogP contribution in [0.5, 0.6) is 0 Å². The maximum atomic E-state index is 11.9. The number of morpholine rings is 1. The second-order valence-electron chi connectivity index (χ2n) is 7.19.